The Morgan fingerprint density at radius 1 is 1.35 bits per heavy atom. The van der Waals surface area contributed by atoms with Gasteiger partial charge in [-0.1, -0.05) is 6.92 Å². The summed E-state index contributed by atoms with van der Waals surface area (Å²) in [6, 6.07) is 0.497. The van der Waals surface area contributed by atoms with Gasteiger partial charge >= 0.3 is 0 Å². The van der Waals surface area contributed by atoms with Crippen LogP contribution in [0, 0.1) is 0 Å². The highest BCUT2D eigenvalue weighted by Gasteiger charge is 2.17. The van der Waals surface area contributed by atoms with Crippen molar-refractivity contribution >= 4 is 34.7 Å². The third-order valence-electron chi connectivity index (χ3n) is 3.38. The van der Waals surface area contributed by atoms with Gasteiger partial charge in [-0.25, -0.2) is 4.98 Å². The minimum Gasteiger partial charge on any atom is -0.365 e. The summed E-state index contributed by atoms with van der Waals surface area (Å²) in [4.78, 5) is 16.4. The molecule has 3 rings (SSSR count). The average Bonchev–Trinajstić information content (AvgIpc) is 2.95. The van der Waals surface area contributed by atoms with Crippen molar-refractivity contribution in [1.29, 1.82) is 0 Å². The summed E-state index contributed by atoms with van der Waals surface area (Å²) in [5, 5.41) is 6.78. The Kier molecular flexibility index (Phi) is 4.25. The summed E-state index contributed by atoms with van der Waals surface area (Å²) < 4.78 is 0. The molecular weight excluding hydrogens is 272 g/mol. The minimum atomic E-state index is 0.497. The number of aromatic nitrogens is 4. The summed E-state index contributed by atoms with van der Waals surface area (Å²) in [7, 11) is 0. The van der Waals surface area contributed by atoms with Gasteiger partial charge in [-0.3, -0.25) is 0 Å². The van der Waals surface area contributed by atoms with Crippen molar-refractivity contribution in [3.63, 3.8) is 0 Å². The van der Waals surface area contributed by atoms with Crippen molar-refractivity contribution in [2.75, 3.05) is 28.7 Å². The lowest BCUT2D eigenvalue weighted by molar-refractivity contribution is 0.664. The van der Waals surface area contributed by atoms with Crippen LogP contribution in [0.5, 0.6) is 0 Å². The molecule has 20 heavy (non-hydrogen) atoms. The zero-order valence-electron chi connectivity index (χ0n) is 11.6. The summed E-state index contributed by atoms with van der Waals surface area (Å²) in [5.74, 6) is 3.95. The Hall–Kier alpha value is -1.50. The average molecular weight is 292 g/mol. The van der Waals surface area contributed by atoms with Crippen molar-refractivity contribution in [1.82, 2.24) is 19.9 Å². The number of fused-ring (bicyclic) bond motifs is 1. The summed E-state index contributed by atoms with van der Waals surface area (Å²) in [5.41, 5.74) is 1.61. The highest BCUT2D eigenvalue weighted by Crippen LogP contribution is 2.24. The maximum Gasteiger partial charge on any atom is 0.226 e. The second-order valence-electron chi connectivity index (χ2n) is 4.95. The van der Waals surface area contributed by atoms with E-state index >= 15 is 0 Å². The zero-order valence-corrected chi connectivity index (χ0v) is 12.5. The van der Waals surface area contributed by atoms with Crippen molar-refractivity contribution in [2.24, 2.45) is 0 Å². The van der Waals surface area contributed by atoms with Crippen LogP contribution in [0.1, 0.15) is 26.2 Å². The van der Waals surface area contributed by atoms with Crippen LogP contribution in [0.4, 0.5) is 11.8 Å². The van der Waals surface area contributed by atoms with Crippen LogP contribution in [-0.4, -0.2) is 44.0 Å². The van der Waals surface area contributed by atoms with Crippen LogP contribution in [0.2, 0.25) is 0 Å². The van der Waals surface area contributed by atoms with Crippen molar-refractivity contribution < 1.29 is 0 Å². The molecule has 0 radical (unpaired) electrons. The number of hydrogen-bond donors (Lipinski definition) is 3. The molecule has 108 valence electrons. The summed E-state index contributed by atoms with van der Waals surface area (Å²) in [6.07, 6.45) is 5.08. The largest absolute Gasteiger partial charge is 0.365 e. The number of nitrogens with zero attached hydrogens (tertiary/aromatic N) is 3. The van der Waals surface area contributed by atoms with Crippen molar-refractivity contribution in [3.8, 4) is 0 Å². The predicted octanol–water partition coefficient (Wildman–Crippen LogP) is 2.48. The number of nitrogens with one attached hydrogen (secondary N) is 3. The normalized spacial score (nSPS) is 16.4. The van der Waals surface area contributed by atoms with E-state index in [0.717, 1.165) is 24.3 Å². The van der Waals surface area contributed by atoms with Gasteiger partial charge in [0.05, 0.1) is 6.33 Å². The molecule has 0 unspecified atom stereocenters. The molecule has 6 nitrogen and oxygen atoms in total. The topological polar surface area (TPSA) is 78.5 Å². The molecule has 0 aliphatic carbocycles. The smallest absolute Gasteiger partial charge is 0.226 e. The SMILES string of the molecule is CCCNc1nc(NC2CCSCC2)c2[nH]cnc2n1. The number of anilines is 2. The van der Waals surface area contributed by atoms with Crippen LogP contribution >= 0.6 is 11.8 Å². The second-order valence-corrected chi connectivity index (χ2v) is 6.18. The molecular formula is C13H20N6S. The van der Waals surface area contributed by atoms with Crippen molar-refractivity contribution in [2.45, 2.75) is 32.2 Å². The fourth-order valence-electron chi connectivity index (χ4n) is 2.29. The third-order valence-corrected chi connectivity index (χ3v) is 4.43. The van der Waals surface area contributed by atoms with E-state index in [4.69, 9.17) is 0 Å². The van der Waals surface area contributed by atoms with Crippen LogP contribution in [-0.2, 0) is 0 Å². The number of imidazole rings is 1. The van der Waals surface area contributed by atoms with Crippen LogP contribution < -0.4 is 10.6 Å². The molecule has 3 N–H and O–H groups in total. The maximum atomic E-state index is 4.59. The third kappa shape index (κ3) is 2.98. The van der Waals surface area contributed by atoms with Gasteiger partial charge in [0.1, 0.15) is 5.52 Å². The van der Waals surface area contributed by atoms with Gasteiger partial charge in [-0.15, -0.1) is 0 Å². The first-order chi connectivity index (χ1) is 9.86. The lowest BCUT2D eigenvalue weighted by Crippen LogP contribution is -2.25. The molecule has 0 saturated carbocycles. The van der Waals surface area contributed by atoms with Gasteiger partial charge in [-0.2, -0.15) is 21.7 Å². The first kappa shape index (κ1) is 13.5. The molecule has 1 saturated heterocycles. The first-order valence-corrected chi connectivity index (χ1v) is 8.31. The van der Waals surface area contributed by atoms with Gasteiger partial charge < -0.3 is 15.6 Å². The highest BCUT2D eigenvalue weighted by atomic mass is 32.2. The molecule has 0 spiro atoms. The van der Waals surface area contributed by atoms with E-state index < -0.39 is 0 Å². The quantitative estimate of drug-likeness (QED) is 0.786. The Balaban J connectivity index is 1.84. The molecule has 0 aromatic carbocycles. The number of hydrogen-bond acceptors (Lipinski definition) is 6. The molecule has 2 aromatic rings. The van der Waals surface area contributed by atoms with Crippen LogP contribution in [0.25, 0.3) is 11.2 Å². The van der Waals surface area contributed by atoms with Gasteiger partial charge in [0.15, 0.2) is 11.5 Å². The second kappa shape index (κ2) is 6.30. The van der Waals surface area contributed by atoms with E-state index in [2.05, 4.69) is 37.5 Å². The van der Waals surface area contributed by atoms with Gasteiger partial charge in [0.2, 0.25) is 5.95 Å². The molecule has 1 aliphatic rings. The van der Waals surface area contributed by atoms with E-state index in [1.807, 2.05) is 11.8 Å². The fourth-order valence-corrected chi connectivity index (χ4v) is 3.40. The first-order valence-electron chi connectivity index (χ1n) is 7.16. The highest BCUT2D eigenvalue weighted by molar-refractivity contribution is 7.99. The van der Waals surface area contributed by atoms with Crippen molar-refractivity contribution in [3.05, 3.63) is 6.33 Å². The Labute approximate surface area is 122 Å². The summed E-state index contributed by atoms with van der Waals surface area (Å²) in [6.45, 7) is 2.99. The van der Waals surface area contributed by atoms with Crippen LogP contribution in [0.15, 0.2) is 6.33 Å². The molecule has 0 bridgehead atoms. The van der Waals surface area contributed by atoms with E-state index in [0.29, 0.717) is 17.6 Å². The van der Waals surface area contributed by atoms with Crippen LogP contribution in [0.3, 0.4) is 0 Å². The standard InChI is InChI=1S/C13H20N6S/c1-2-5-14-13-18-11-10(15-8-16-11)12(19-13)17-9-3-6-20-7-4-9/h8-9H,2-7H2,1H3,(H3,14,15,16,17,18,19). The molecule has 7 heteroatoms. The summed E-state index contributed by atoms with van der Waals surface area (Å²) >= 11 is 2.02. The van der Waals surface area contributed by atoms with E-state index in [9.17, 15) is 0 Å². The van der Waals surface area contributed by atoms with E-state index in [-0.39, 0.29) is 0 Å². The lowest BCUT2D eigenvalue weighted by Gasteiger charge is -2.23. The Morgan fingerprint density at radius 2 is 2.20 bits per heavy atom. The molecule has 1 aliphatic heterocycles. The Bertz CT molecular complexity index is 563. The van der Waals surface area contributed by atoms with Gasteiger partial charge in [-0.05, 0) is 30.8 Å². The fraction of sp³-hybridized carbons (Fsp3) is 0.615. The lowest BCUT2D eigenvalue weighted by atomic mass is 10.1. The number of H-pyrrole nitrogens is 1. The predicted molar refractivity (Wildman–Crippen MR) is 84.4 cm³/mol. The number of thioether (sulfide) groups is 1. The monoisotopic (exact) mass is 292 g/mol. The molecule has 0 atom stereocenters. The van der Waals surface area contributed by atoms with E-state index in [1.54, 1.807) is 6.33 Å². The number of rotatable bonds is 5. The van der Waals surface area contributed by atoms with Gasteiger partial charge in [0, 0.05) is 12.6 Å². The molecule has 0 amide bonds. The minimum absolute atomic E-state index is 0.497. The number of aromatic amines is 1. The Morgan fingerprint density at radius 3 is 3.00 bits per heavy atom. The van der Waals surface area contributed by atoms with Gasteiger partial charge in [0.25, 0.3) is 0 Å². The maximum absolute atomic E-state index is 4.59. The molecule has 3 heterocycles. The molecule has 1 fully saturated rings. The molecule has 2 aromatic heterocycles. The zero-order chi connectivity index (χ0) is 13.8. The van der Waals surface area contributed by atoms with E-state index in [1.165, 1.54) is 24.3 Å².